The fourth-order valence-corrected chi connectivity index (χ4v) is 5.61. The lowest BCUT2D eigenvalue weighted by atomic mass is 10.1. The standard InChI is InChI=1S/C23H25N7O3S2/c1-14-18-20(34-19(14)16-5-3-15(4-6-16)11-27-35(2,31)32)22(30-7-9-33-10-8-30)29-21(28-18)17-12-25-23(24)26-13-17/h3-6,12-13,27H,7-11H2,1-2H3,(H2,24,25,26). The summed E-state index contributed by atoms with van der Waals surface area (Å²) < 4.78 is 31.9. The van der Waals surface area contributed by atoms with Gasteiger partial charge in [0.2, 0.25) is 16.0 Å². The number of hydrogen-bond donors (Lipinski definition) is 2. The minimum absolute atomic E-state index is 0.201. The maximum absolute atomic E-state index is 11.4. The Morgan fingerprint density at radius 2 is 1.77 bits per heavy atom. The lowest BCUT2D eigenvalue weighted by Gasteiger charge is -2.28. The number of aromatic nitrogens is 4. The highest BCUT2D eigenvalue weighted by molar-refractivity contribution is 7.88. The number of rotatable bonds is 6. The number of fused-ring (bicyclic) bond motifs is 1. The normalized spacial score (nSPS) is 14.5. The van der Waals surface area contributed by atoms with Gasteiger partial charge in [0.25, 0.3) is 0 Å². The summed E-state index contributed by atoms with van der Waals surface area (Å²) in [6, 6.07) is 7.88. The number of thiophene rings is 1. The van der Waals surface area contributed by atoms with E-state index in [1.165, 1.54) is 0 Å². The van der Waals surface area contributed by atoms with E-state index >= 15 is 0 Å². The zero-order valence-electron chi connectivity index (χ0n) is 19.4. The van der Waals surface area contributed by atoms with E-state index in [9.17, 15) is 8.42 Å². The van der Waals surface area contributed by atoms with Crippen LogP contribution in [0.15, 0.2) is 36.7 Å². The first-order valence-corrected chi connectivity index (χ1v) is 13.7. The minimum atomic E-state index is -3.25. The molecule has 0 saturated carbocycles. The van der Waals surface area contributed by atoms with Gasteiger partial charge in [0.1, 0.15) is 0 Å². The van der Waals surface area contributed by atoms with Crippen LogP contribution in [0.3, 0.4) is 0 Å². The van der Waals surface area contributed by atoms with Crippen molar-refractivity contribution in [3.05, 3.63) is 47.8 Å². The van der Waals surface area contributed by atoms with E-state index in [1.807, 2.05) is 24.3 Å². The molecule has 0 aliphatic carbocycles. The van der Waals surface area contributed by atoms with Crippen molar-refractivity contribution in [3.63, 3.8) is 0 Å². The third-order valence-electron chi connectivity index (χ3n) is 5.74. The third kappa shape index (κ3) is 5.10. The molecule has 1 aromatic carbocycles. The highest BCUT2D eigenvalue weighted by Crippen LogP contribution is 2.42. The first-order valence-electron chi connectivity index (χ1n) is 11.0. The molecule has 4 heterocycles. The lowest BCUT2D eigenvalue weighted by molar-refractivity contribution is 0.122. The fraction of sp³-hybridized carbons (Fsp3) is 0.304. The summed E-state index contributed by atoms with van der Waals surface area (Å²) >= 11 is 1.66. The SMILES string of the molecule is Cc1c(-c2ccc(CNS(C)(=O)=O)cc2)sc2c(N3CCOCC3)nc(-c3cnc(N)nc3)nc12. The Morgan fingerprint density at radius 1 is 1.09 bits per heavy atom. The van der Waals surface area contributed by atoms with Crippen molar-refractivity contribution in [1.82, 2.24) is 24.7 Å². The van der Waals surface area contributed by atoms with Crippen LogP contribution in [0, 0.1) is 6.92 Å². The van der Waals surface area contributed by atoms with Crippen LogP contribution in [0.1, 0.15) is 11.1 Å². The number of sulfonamides is 1. The number of aryl methyl sites for hydroxylation is 1. The highest BCUT2D eigenvalue weighted by Gasteiger charge is 2.23. The van der Waals surface area contributed by atoms with E-state index in [2.05, 4.69) is 26.5 Å². The second-order valence-electron chi connectivity index (χ2n) is 8.32. The van der Waals surface area contributed by atoms with Crippen LogP contribution in [-0.4, -0.2) is 60.9 Å². The predicted octanol–water partition coefficient (Wildman–Crippen LogP) is 2.59. The molecule has 0 bridgehead atoms. The Hall–Kier alpha value is -3.19. The number of nitrogens with zero attached hydrogens (tertiary/aromatic N) is 5. The Balaban J connectivity index is 1.58. The second-order valence-corrected chi connectivity index (χ2v) is 11.2. The molecular weight excluding hydrogens is 486 g/mol. The fourth-order valence-electron chi connectivity index (χ4n) is 3.91. The summed E-state index contributed by atoms with van der Waals surface area (Å²) in [6.07, 6.45) is 4.43. The third-order valence-corrected chi connectivity index (χ3v) is 7.74. The monoisotopic (exact) mass is 511 g/mol. The van der Waals surface area contributed by atoms with Crippen molar-refractivity contribution in [2.75, 3.05) is 43.2 Å². The van der Waals surface area contributed by atoms with Gasteiger partial charge in [-0.2, -0.15) is 0 Å². The zero-order chi connectivity index (χ0) is 24.6. The van der Waals surface area contributed by atoms with Crippen LogP contribution in [0.5, 0.6) is 0 Å². The van der Waals surface area contributed by atoms with Gasteiger partial charge in [0.15, 0.2) is 11.6 Å². The first kappa shape index (κ1) is 23.5. The Kier molecular flexibility index (Phi) is 6.36. The van der Waals surface area contributed by atoms with Crippen molar-refractivity contribution in [3.8, 4) is 21.8 Å². The summed E-state index contributed by atoms with van der Waals surface area (Å²) in [5.74, 6) is 1.62. The molecule has 1 fully saturated rings. The van der Waals surface area contributed by atoms with Gasteiger partial charge in [-0.05, 0) is 23.6 Å². The smallest absolute Gasteiger partial charge is 0.219 e. The quantitative estimate of drug-likeness (QED) is 0.400. The molecule has 1 aliphatic rings. The number of nitrogen functional groups attached to an aromatic ring is 1. The maximum Gasteiger partial charge on any atom is 0.219 e. The number of nitrogens with two attached hydrogens (primary N) is 1. The van der Waals surface area contributed by atoms with Crippen LogP contribution in [0.25, 0.3) is 32.0 Å². The predicted molar refractivity (Wildman–Crippen MR) is 138 cm³/mol. The van der Waals surface area contributed by atoms with Gasteiger partial charge in [0.05, 0.1) is 35.2 Å². The summed E-state index contributed by atoms with van der Waals surface area (Å²) in [4.78, 5) is 21.3. The number of anilines is 2. The van der Waals surface area contributed by atoms with E-state index < -0.39 is 10.0 Å². The maximum atomic E-state index is 11.4. The summed E-state index contributed by atoms with van der Waals surface area (Å²) in [7, 11) is -3.25. The largest absolute Gasteiger partial charge is 0.378 e. The number of ether oxygens (including phenoxy) is 1. The van der Waals surface area contributed by atoms with E-state index in [1.54, 1.807) is 23.7 Å². The first-order chi connectivity index (χ1) is 16.8. The van der Waals surface area contributed by atoms with Crippen LogP contribution >= 0.6 is 11.3 Å². The topological polar surface area (TPSA) is 136 Å². The second kappa shape index (κ2) is 9.46. The summed E-state index contributed by atoms with van der Waals surface area (Å²) in [5.41, 5.74) is 10.2. The Labute approximate surface area is 207 Å². The van der Waals surface area contributed by atoms with Crippen LogP contribution in [0.2, 0.25) is 0 Å². The van der Waals surface area contributed by atoms with Crippen molar-refractivity contribution in [2.24, 2.45) is 0 Å². The number of nitrogens with one attached hydrogen (secondary N) is 1. The van der Waals surface area contributed by atoms with Crippen LogP contribution in [0.4, 0.5) is 11.8 Å². The molecule has 10 nitrogen and oxygen atoms in total. The van der Waals surface area contributed by atoms with Crippen molar-refractivity contribution < 1.29 is 13.2 Å². The van der Waals surface area contributed by atoms with Crippen molar-refractivity contribution in [2.45, 2.75) is 13.5 Å². The van der Waals surface area contributed by atoms with Crippen molar-refractivity contribution >= 4 is 43.3 Å². The molecule has 1 saturated heterocycles. The van der Waals surface area contributed by atoms with Gasteiger partial charge >= 0.3 is 0 Å². The molecule has 182 valence electrons. The molecule has 0 atom stereocenters. The molecule has 3 N–H and O–H groups in total. The molecule has 12 heteroatoms. The van der Waals surface area contributed by atoms with E-state index in [0.717, 1.165) is 56.9 Å². The molecule has 0 unspecified atom stereocenters. The molecular formula is C23H25N7O3S2. The average molecular weight is 512 g/mol. The van der Waals surface area contributed by atoms with E-state index in [0.29, 0.717) is 24.6 Å². The molecule has 3 aromatic heterocycles. The van der Waals surface area contributed by atoms with Gasteiger partial charge in [-0.3, -0.25) is 0 Å². The van der Waals surface area contributed by atoms with Crippen LogP contribution < -0.4 is 15.4 Å². The lowest BCUT2D eigenvalue weighted by Crippen LogP contribution is -2.36. The van der Waals surface area contributed by atoms with Crippen LogP contribution in [-0.2, 0) is 21.3 Å². The Bertz CT molecular complexity index is 1460. The summed E-state index contributed by atoms with van der Waals surface area (Å²) in [6.45, 7) is 5.10. The highest BCUT2D eigenvalue weighted by atomic mass is 32.2. The number of benzene rings is 1. The van der Waals surface area contributed by atoms with Gasteiger partial charge in [0, 0.05) is 36.9 Å². The minimum Gasteiger partial charge on any atom is -0.378 e. The van der Waals surface area contributed by atoms with E-state index in [4.69, 9.17) is 20.4 Å². The zero-order valence-corrected chi connectivity index (χ0v) is 21.0. The van der Waals surface area contributed by atoms with Gasteiger partial charge < -0.3 is 15.4 Å². The van der Waals surface area contributed by atoms with Gasteiger partial charge in [-0.15, -0.1) is 11.3 Å². The average Bonchev–Trinajstić information content (AvgIpc) is 3.19. The molecule has 35 heavy (non-hydrogen) atoms. The number of hydrogen-bond acceptors (Lipinski definition) is 10. The number of morpholine rings is 1. The van der Waals surface area contributed by atoms with E-state index in [-0.39, 0.29) is 12.5 Å². The van der Waals surface area contributed by atoms with Gasteiger partial charge in [-0.1, -0.05) is 24.3 Å². The van der Waals surface area contributed by atoms with Crippen molar-refractivity contribution in [1.29, 1.82) is 0 Å². The van der Waals surface area contributed by atoms with Gasteiger partial charge in [-0.25, -0.2) is 33.1 Å². The molecule has 5 rings (SSSR count). The Morgan fingerprint density at radius 3 is 2.43 bits per heavy atom. The molecule has 1 aliphatic heterocycles. The molecule has 4 aromatic rings. The summed E-state index contributed by atoms with van der Waals surface area (Å²) in [5, 5.41) is 0. The molecule has 0 radical (unpaired) electrons. The molecule has 0 amide bonds. The molecule has 0 spiro atoms.